The monoisotopic (exact) mass is 300 g/mol. The molecule has 0 bridgehead atoms. The molecule has 1 saturated carbocycles. The van der Waals surface area contributed by atoms with E-state index in [0.29, 0.717) is 5.41 Å². The van der Waals surface area contributed by atoms with Crippen LogP contribution in [0.25, 0.3) is 0 Å². The fourth-order valence-electron chi connectivity index (χ4n) is 4.13. The number of hydrogen-bond donors (Lipinski definition) is 0. The number of halogens is 1. The highest BCUT2D eigenvalue weighted by molar-refractivity contribution is 9.09. The third-order valence-electron chi connectivity index (χ3n) is 5.18. The van der Waals surface area contributed by atoms with E-state index in [0.717, 1.165) is 6.04 Å². The molecule has 1 atom stereocenters. The van der Waals surface area contributed by atoms with Crippen molar-refractivity contribution in [2.45, 2.75) is 44.6 Å². The standard InChI is InChI=1S/C14H25BrN2/c15-11-14(5-1-2-6-14)12-16-8-9-17-7-3-4-13(17)10-16/h13H,1-12H2. The van der Waals surface area contributed by atoms with Gasteiger partial charge in [-0.15, -0.1) is 0 Å². The van der Waals surface area contributed by atoms with Crippen LogP contribution >= 0.6 is 15.9 Å². The molecule has 2 saturated heterocycles. The largest absolute Gasteiger partial charge is 0.300 e. The second kappa shape index (κ2) is 5.18. The lowest BCUT2D eigenvalue weighted by Gasteiger charge is -2.41. The maximum Gasteiger partial charge on any atom is 0.0224 e. The van der Waals surface area contributed by atoms with Gasteiger partial charge in [-0.2, -0.15) is 0 Å². The predicted molar refractivity (Wildman–Crippen MR) is 75.7 cm³/mol. The van der Waals surface area contributed by atoms with E-state index in [9.17, 15) is 0 Å². The minimum Gasteiger partial charge on any atom is -0.300 e. The average Bonchev–Trinajstić information content (AvgIpc) is 2.97. The van der Waals surface area contributed by atoms with Gasteiger partial charge in [0.05, 0.1) is 0 Å². The molecule has 2 heterocycles. The lowest BCUT2D eigenvalue weighted by molar-refractivity contribution is 0.0729. The molecule has 3 rings (SSSR count). The number of alkyl halides is 1. The van der Waals surface area contributed by atoms with Gasteiger partial charge in [0.1, 0.15) is 0 Å². The zero-order chi connectivity index (χ0) is 11.7. The van der Waals surface area contributed by atoms with Gasteiger partial charge in [0.15, 0.2) is 0 Å². The fourth-order valence-corrected chi connectivity index (χ4v) is 4.87. The second-order valence-electron chi connectivity index (χ2n) is 6.41. The third kappa shape index (κ3) is 2.57. The van der Waals surface area contributed by atoms with Gasteiger partial charge in [0.2, 0.25) is 0 Å². The summed E-state index contributed by atoms with van der Waals surface area (Å²) >= 11 is 3.78. The number of fused-ring (bicyclic) bond motifs is 1. The van der Waals surface area contributed by atoms with Crippen molar-refractivity contribution in [1.29, 1.82) is 0 Å². The molecule has 0 aromatic rings. The van der Waals surface area contributed by atoms with Crippen molar-refractivity contribution in [1.82, 2.24) is 9.80 Å². The summed E-state index contributed by atoms with van der Waals surface area (Å²) in [5.74, 6) is 0. The molecule has 98 valence electrons. The summed E-state index contributed by atoms with van der Waals surface area (Å²) in [6, 6.07) is 0.887. The maximum atomic E-state index is 3.78. The van der Waals surface area contributed by atoms with E-state index in [-0.39, 0.29) is 0 Å². The van der Waals surface area contributed by atoms with E-state index in [1.54, 1.807) is 0 Å². The first-order valence-electron chi connectivity index (χ1n) is 7.34. The quantitative estimate of drug-likeness (QED) is 0.740. The number of hydrogen-bond acceptors (Lipinski definition) is 2. The first-order valence-corrected chi connectivity index (χ1v) is 8.46. The van der Waals surface area contributed by atoms with Gasteiger partial charge in [-0.1, -0.05) is 28.8 Å². The molecule has 17 heavy (non-hydrogen) atoms. The van der Waals surface area contributed by atoms with Crippen LogP contribution in [0.5, 0.6) is 0 Å². The van der Waals surface area contributed by atoms with Crippen LogP contribution in [0.15, 0.2) is 0 Å². The molecule has 3 heteroatoms. The van der Waals surface area contributed by atoms with Crippen LogP contribution in [0.2, 0.25) is 0 Å². The summed E-state index contributed by atoms with van der Waals surface area (Å²) in [6.07, 6.45) is 8.68. The molecular formula is C14H25BrN2. The van der Waals surface area contributed by atoms with Gasteiger partial charge >= 0.3 is 0 Å². The topological polar surface area (TPSA) is 6.48 Å². The molecule has 0 radical (unpaired) electrons. The Hall–Kier alpha value is 0.400. The highest BCUT2D eigenvalue weighted by Crippen LogP contribution is 2.40. The summed E-state index contributed by atoms with van der Waals surface area (Å²) in [4.78, 5) is 5.48. The average molecular weight is 301 g/mol. The van der Waals surface area contributed by atoms with Gasteiger partial charge in [-0.3, -0.25) is 9.80 Å². The molecule has 3 fully saturated rings. The van der Waals surface area contributed by atoms with Crippen molar-refractivity contribution in [2.75, 3.05) is 38.1 Å². The molecule has 0 N–H and O–H groups in total. The summed E-state index contributed by atoms with van der Waals surface area (Å²) in [6.45, 7) is 6.69. The smallest absolute Gasteiger partial charge is 0.0224 e. The zero-order valence-electron chi connectivity index (χ0n) is 10.8. The van der Waals surface area contributed by atoms with Gasteiger partial charge in [0, 0.05) is 37.6 Å². The minimum atomic E-state index is 0.612. The third-order valence-corrected chi connectivity index (χ3v) is 6.37. The van der Waals surface area contributed by atoms with Crippen LogP contribution in [-0.4, -0.2) is 53.9 Å². The van der Waals surface area contributed by atoms with Gasteiger partial charge in [-0.25, -0.2) is 0 Å². The highest BCUT2D eigenvalue weighted by Gasteiger charge is 2.37. The zero-order valence-corrected chi connectivity index (χ0v) is 12.4. The van der Waals surface area contributed by atoms with Crippen molar-refractivity contribution >= 4 is 15.9 Å². The molecule has 1 unspecified atom stereocenters. The molecule has 0 spiro atoms. The van der Waals surface area contributed by atoms with E-state index in [2.05, 4.69) is 25.7 Å². The molecule has 1 aliphatic carbocycles. The van der Waals surface area contributed by atoms with Crippen molar-refractivity contribution in [2.24, 2.45) is 5.41 Å². The first kappa shape index (κ1) is 12.4. The molecule has 2 nitrogen and oxygen atoms in total. The van der Waals surface area contributed by atoms with Gasteiger partial charge < -0.3 is 0 Å². The Morgan fingerprint density at radius 2 is 1.88 bits per heavy atom. The first-order chi connectivity index (χ1) is 8.31. The van der Waals surface area contributed by atoms with Crippen molar-refractivity contribution in [3.8, 4) is 0 Å². The molecule has 3 aliphatic rings. The van der Waals surface area contributed by atoms with E-state index < -0.39 is 0 Å². The minimum absolute atomic E-state index is 0.612. The Morgan fingerprint density at radius 3 is 2.65 bits per heavy atom. The van der Waals surface area contributed by atoms with Crippen LogP contribution in [0, 0.1) is 5.41 Å². The predicted octanol–water partition coefficient (Wildman–Crippen LogP) is 2.72. The normalized spacial score (nSPS) is 34.1. The number of rotatable bonds is 3. The van der Waals surface area contributed by atoms with Crippen molar-refractivity contribution in [3.05, 3.63) is 0 Å². The molecule has 0 aromatic carbocycles. The lowest BCUT2D eigenvalue weighted by Crippen LogP contribution is -2.52. The van der Waals surface area contributed by atoms with E-state index in [1.165, 1.54) is 76.6 Å². The van der Waals surface area contributed by atoms with E-state index in [4.69, 9.17) is 0 Å². The summed E-state index contributed by atoms with van der Waals surface area (Å²) in [5.41, 5.74) is 0.612. The summed E-state index contributed by atoms with van der Waals surface area (Å²) in [5, 5.41) is 1.21. The fraction of sp³-hybridized carbons (Fsp3) is 1.00. The Balaban J connectivity index is 1.58. The van der Waals surface area contributed by atoms with E-state index >= 15 is 0 Å². The van der Waals surface area contributed by atoms with Crippen LogP contribution in [0.1, 0.15) is 38.5 Å². The van der Waals surface area contributed by atoms with Gasteiger partial charge in [-0.05, 0) is 37.6 Å². The van der Waals surface area contributed by atoms with Crippen LogP contribution in [0.3, 0.4) is 0 Å². The second-order valence-corrected chi connectivity index (χ2v) is 6.97. The van der Waals surface area contributed by atoms with Crippen LogP contribution < -0.4 is 0 Å². The number of piperazine rings is 1. The summed E-state index contributed by atoms with van der Waals surface area (Å²) < 4.78 is 0. The number of nitrogens with zero attached hydrogens (tertiary/aromatic N) is 2. The van der Waals surface area contributed by atoms with Crippen molar-refractivity contribution < 1.29 is 0 Å². The highest BCUT2D eigenvalue weighted by atomic mass is 79.9. The van der Waals surface area contributed by atoms with Crippen LogP contribution in [-0.2, 0) is 0 Å². The Bertz CT molecular complexity index is 263. The molecule has 2 aliphatic heterocycles. The maximum absolute atomic E-state index is 3.78. The SMILES string of the molecule is BrCC1(CN2CCN3CCCC3C2)CCCC1. The Morgan fingerprint density at radius 1 is 1.06 bits per heavy atom. The molecular weight excluding hydrogens is 276 g/mol. The molecule has 0 aromatic heterocycles. The summed E-state index contributed by atoms with van der Waals surface area (Å²) in [7, 11) is 0. The van der Waals surface area contributed by atoms with E-state index in [1.807, 2.05) is 0 Å². The Kier molecular flexibility index (Phi) is 3.79. The van der Waals surface area contributed by atoms with Crippen LogP contribution in [0.4, 0.5) is 0 Å². The molecule has 0 amide bonds. The van der Waals surface area contributed by atoms with Gasteiger partial charge in [0.25, 0.3) is 0 Å². The van der Waals surface area contributed by atoms with Crippen molar-refractivity contribution in [3.63, 3.8) is 0 Å². The Labute approximate surface area is 114 Å². The lowest BCUT2D eigenvalue weighted by atomic mass is 9.87.